The number of hydrogen-bond acceptors (Lipinski definition) is 5. The van der Waals surface area contributed by atoms with Gasteiger partial charge in [0.15, 0.2) is 0 Å². The summed E-state index contributed by atoms with van der Waals surface area (Å²) in [5.74, 6) is 1.32. The molecule has 0 bridgehead atoms. The number of aryl methyl sites for hydroxylation is 2. The number of rotatable bonds is 4. The third kappa shape index (κ3) is 4.04. The summed E-state index contributed by atoms with van der Waals surface area (Å²) in [6.45, 7) is 6.02. The number of benzene rings is 1. The summed E-state index contributed by atoms with van der Waals surface area (Å²) >= 11 is 3.51. The van der Waals surface area contributed by atoms with Crippen LogP contribution in [-0.2, 0) is 0 Å². The fourth-order valence-electron chi connectivity index (χ4n) is 3.47. The lowest BCUT2D eigenvalue weighted by atomic mass is 10.1. The van der Waals surface area contributed by atoms with Gasteiger partial charge in [-0.2, -0.15) is 0 Å². The van der Waals surface area contributed by atoms with Crippen LogP contribution in [-0.4, -0.2) is 33.1 Å². The van der Waals surface area contributed by atoms with Crippen molar-refractivity contribution in [3.05, 3.63) is 52.1 Å². The van der Waals surface area contributed by atoms with Crippen LogP contribution in [0.2, 0.25) is 0 Å². The van der Waals surface area contributed by atoms with Crippen molar-refractivity contribution in [1.82, 2.24) is 25.3 Å². The Balaban J connectivity index is 1.66. The second-order valence-corrected chi connectivity index (χ2v) is 7.79. The summed E-state index contributed by atoms with van der Waals surface area (Å²) in [4.78, 5) is 4.73. The van der Waals surface area contributed by atoms with Crippen LogP contribution in [0.25, 0.3) is 11.4 Å². The highest BCUT2D eigenvalue weighted by Crippen LogP contribution is 2.30. The van der Waals surface area contributed by atoms with Crippen molar-refractivity contribution in [2.45, 2.75) is 32.7 Å². The first-order valence-electron chi connectivity index (χ1n) is 9.15. The number of ether oxygens (including phenoxy) is 1. The lowest BCUT2D eigenvalue weighted by Gasteiger charge is -2.24. The Hall–Kier alpha value is -2.25. The molecule has 3 aromatic rings. The highest BCUT2D eigenvalue weighted by atomic mass is 79.9. The average Bonchev–Trinajstić information content (AvgIpc) is 3.03. The molecule has 1 fully saturated rings. The standard InChI is InChI=1S/C20H22BrN5O/c1-13-10-15(21)12-17(11-13)27-19-5-3-4-18(23-19)20-14(2)24-25-26(20)16-6-8-22-9-7-16/h3-5,10-12,16,22H,6-9H2,1-2H3. The summed E-state index contributed by atoms with van der Waals surface area (Å²) in [6.07, 6.45) is 2.09. The smallest absolute Gasteiger partial charge is 0.219 e. The Kier molecular flexibility index (Phi) is 5.22. The summed E-state index contributed by atoms with van der Waals surface area (Å²) in [5.41, 5.74) is 3.81. The maximum absolute atomic E-state index is 6.00. The molecule has 0 aliphatic carbocycles. The molecule has 7 heteroatoms. The second kappa shape index (κ2) is 7.78. The van der Waals surface area contributed by atoms with Gasteiger partial charge in [0.05, 0.1) is 17.4 Å². The number of hydrogen-bond donors (Lipinski definition) is 1. The zero-order chi connectivity index (χ0) is 18.8. The Bertz CT molecular complexity index is 929. The van der Waals surface area contributed by atoms with E-state index in [2.05, 4.69) is 31.6 Å². The predicted octanol–water partition coefficient (Wildman–Crippen LogP) is 4.44. The largest absolute Gasteiger partial charge is 0.439 e. The number of nitrogens with zero attached hydrogens (tertiary/aromatic N) is 4. The number of piperidine rings is 1. The van der Waals surface area contributed by atoms with Crippen molar-refractivity contribution in [3.63, 3.8) is 0 Å². The van der Waals surface area contributed by atoms with Crippen LogP contribution < -0.4 is 10.1 Å². The Morgan fingerprint density at radius 2 is 1.96 bits per heavy atom. The molecule has 3 heterocycles. The normalized spacial score (nSPS) is 15.1. The zero-order valence-corrected chi connectivity index (χ0v) is 17.0. The molecule has 0 saturated carbocycles. The Labute approximate surface area is 167 Å². The van der Waals surface area contributed by atoms with E-state index in [-0.39, 0.29) is 0 Å². The maximum atomic E-state index is 6.00. The van der Waals surface area contributed by atoms with Crippen LogP contribution in [0, 0.1) is 13.8 Å². The molecule has 0 atom stereocenters. The zero-order valence-electron chi connectivity index (χ0n) is 15.4. The van der Waals surface area contributed by atoms with Gasteiger partial charge in [-0.1, -0.05) is 27.2 Å². The van der Waals surface area contributed by atoms with E-state index in [4.69, 9.17) is 9.72 Å². The lowest BCUT2D eigenvalue weighted by Crippen LogP contribution is -2.30. The lowest BCUT2D eigenvalue weighted by molar-refractivity contribution is 0.340. The van der Waals surface area contributed by atoms with E-state index in [0.717, 1.165) is 58.8 Å². The molecule has 2 aromatic heterocycles. The summed E-state index contributed by atoms with van der Waals surface area (Å²) in [6, 6.07) is 12.1. The fourth-order valence-corrected chi connectivity index (χ4v) is 4.06. The average molecular weight is 428 g/mol. The highest BCUT2D eigenvalue weighted by Gasteiger charge is 2.22. The molecule has 6 nitrogen and oxygen atoms in total. The van der Waals surface area contributed by atoms with E-state index in [1.54, 1.807) is 0 Å². The van der Waals surface area contributed by atoms with Crippen molar-refractivity contribution in [1.29, 1.82) is 0 Å². The van der Waals surface area contributed by atoms with Crippen molar-refractivity contribution in [3.8, 4) is 23.0 Å². The minimum absolute atomic E-state index is 0.349. The Morgan fingerprint density at radius 3 is 2.74 bits per heavy atom. The molecule has 0 radical (unpaired) electrons. The molecule has 1 N–H and O–H groups in total. The minimum Gasteiger partial charge on any atom is -0.439 e. The summed E-state index contributed by atoms with van der Waals surface area (Å²) in [5, 5.41) is 12.1. The first-order valence-corrected chi connectivity index (χ1v) is 9.94. The number of pyridine rings is 1. The number of nitrogens with one attached hydrogen (secondary N) is 1. The summed E-state index contributed by atoms with van der Waals surface area (Å²) < 4.78 is 9.02. The van der Waals surface area contributed by atoms with Crippen LogP contribution in [0.5, 0.6) is 11.6 Å². The van der Waals surface area contributed by atoms with E-state index >= 15 is 0 Å². The second-order valence-electron chi connectivity index (χ2n) is 6.88. The molecule has 1 saturated heterocycles. The quantitative estimate of drug-likeness (QED) is 0.666. The SMILES string of the molecule is Cc1cc(Br)cc(Oc2cccc(-c3c(C)nnn3C3CCNCC3)n2)c1. The van der Waals surface area contributed by atoms with E-state index in [0.29, 0.717) is 11.9 Å². The van der Waals surface area contributed by atoms with Gasteiger partial charge in [0.2, 0.25) is 5.88 Å². The van der Waals surface area contributed by atoms with Gasteiger partial charge in [-0.25, -0.2) is 9.67 Å². The van der Waals surface area contributed by atoms with Gasteiger partial charge in [0.25, 0.3) is 0 Å². The van der Waals surface area contributed by atoms with Gasteiger partial charge >= 0.3 is 0 Å². The predicted molar refractivity (Wildman–Crippen MR) is 108 cm³/mol. The number of aromatic nitrogens is 4. The van der Waals surface area contributed by atoms with Gasteiger partial charge in [0.1, 0.15) is 11.4 Å². The number of halogens is 1. The van der Waals surface area contributed by atoms with Gasteiger partial charge in [0, 0.05) is 10.5 Å². The van der Waals surface area contributed by atoms with Crippen LogP contribution in [0.3, 0.4) is 0 Å². The van der Waals surface area contributed by atoms with Crippen molar-refractivity contribution < 1.29 is 4.74 Å². The molecule has 1 aliphatic heterocycles. The molecule has 0 unspecified atom stereocenters. The molecule has 1 aromatic carbocycles. The fraction of sp³-hybridized carbons (Fsp3) is 0.350. The van der Waals surface area contributed by atoms with E-state index in [9.17, 15) is 0 Å². The van der Waals surface area contributed by atoms with Crippen LogP contribution in [0.1, 0.15) is 30.1 Å². The van der Waals surface area contributed by atoms with Crippen LogP contribution in [0.4, 0.5) is 0 Å². The third-order valence-corrected chi connectivity index (χ3v) is 5.18. The first kappa shape index (κ1) is 18.1. The van der Waals surface area contributed by atoms with Crippen molar-refractivity contribution >= 4 is 15.9 Å². The van der Waals surface area contributed by atoms with E-state index in [1.165, 1.54) is 0 Å². The molecule has 4 rings (SSSR count). The third-order valence-electron chi connectivity index (χ3n) is 4.72. The Morgan fingerprint density at radius 1 is 1.15 bits per heavy atom. The van der Waals surface area contributed by atoms with Gasteiger partial charge in [-0.3, -0.25) is 0 Å². The van der Waals surface area contributed by atoms with Gasteiger partial charge in [-0.05, 0) is 69.6 Å². The van der Waals surface area contributed by atoms with E-state index in [1.807, 2.05) is 54.9 Å². The molecule has 1 aliphatic rings. The molecule has 140 valence electrons. The topological polar surface area (TPSA) is 64.9 Å². The molecular formula is C20H22BrN5O. The van der Waals surface area contributed by atoms with Gasteiger partial charge in [-0.15, -0.1) is 5.10 Å². The minimum atomic E-state index is 0.349. The molecule has 0 amide bonds. The van der Waals surface area contributed by atoms with Gasteiger partial charge < -0.3 is 10.1 Å². The maximum Gasteiger partial charge on any atom is 0.219 e. The van der Waals surface area contributed by atoms with Crippen LogP contribution >= 0.6 is 15.9 Å². The molecule has 27 heavy (non-hydrogen) atoms. The van der Waals surface area contributed by atoms with Crippen LogP contribution in [0.15, 0.2) is 40.9 Å². The molecular weight excluding hydrogens is 406 g/mol. The summed E-state index contributed by atoms with van der Waals surface area (Å²) in [7, 11) is 0. The molecule has 0 spiro atoms. The van der Waals surface area contributed by atoms with E-state index < -0.39 is 0 Å². The first-order chi connectivity index (χ1) is 13.1. The monoisotopic (exact) mass is 427 g/mol. The van der Waals surface area contributed by atoms with Crippen molar-refractivity contribution in [2.75, 3.05) is 13.1 Å². The van der Waals surface area contributed by atoms with Crippen molar-refractivity contribution in [2.24, 2.45) is 0 Å². The highest BCUT2D eigenvalue weighted by molar-refractivity contribution is 9.10.